The Bertz CT molecular complexity index is 589. The molecule has 2 N–H and O–H groups in total. The van der Waals surface area contributed by atoms with Crippen LogP contribution in [0.2, 0.25) is 5.02 Å². The molecule has 0 radical (unpaired) electrons. The number of nitrogens with two attached hydrogens (primary N) is 1. The lowest BCUT2D eigenvalue weighted by molar-refractivity contribution is 0.252. The van der Waals surface area contributed by atoms with Crippen molar-refractivity contribution in [3.05, 3.63) is 22.7 Å². The zero-order valence-corrected chi connectivity index (χ0v) is 13.5. The minimum absolute atomic E-state index is 0.0833. The van der Waals surface area contributed by atoms with E-state index in [2.05, 4.69) is 0 Å². The van der Waals surface area contributed by atoms with Gasteiger partial charge in [0.1, 0.15) is 0 Å². The van der Waals surface area contributed by atoms with Crippen LogP contribution in [0.15, 0.2) is 21.9 Å². The molecule has 1 aliphatic carbocycles. The average Bonchev–Trinajstić information content (AvgIpc) is 2.26. The predicted octanol–water partition coefficient (Wildman–Crippen LogP) is 2.85. The average molecular weight is 320 g/mol. The Morgan fingerprint density at radius 2 is 2.05 bits per heavy atom. The molecule has 0 saturated heterocycles. The molecule has 1 saturated carbocycles. The first-order valence-corrected chi connectivity index (χ1v) is 9.61. The van der Waals surface area contributed by atoms with Gasteiger partial charge < -0.3 is 5.73 Å². The summed E-state index contributed by atoms with van der Waals surface area (Å²) in [6.07, 6.45) is 6.19. The highest BCUT2D eigenvalue weighted by atomic mass is 35.5. The van der Waals surface area contributed by atoms with E-state index in [9.17, 15) is 8.42 Å². The maximum atomic E-state index is 11.9. The SMILES string of the molecule is CSc1c(Cl)cc(C2(CN)CCC2)cc1S(C)(=O)=O. The van der Waals surface area contributed by atoms with Crippen LogP contribution in [0.4, 0.5) is 0 Å². The summed E-state index contributed by atoms with van der Waals surface area (Å²) in [4.78, 5) is 0.946. The second-order valence-electron chi connectivity index (χ2n) is 5.10. The zero-order valence-electron chi connectivity index (χ0n) is 11.1. The summed E-state index contributed by atoms with van der Waals surface area (Å²) in [5, 5.41) is 0.505. The summed E-state index contributed by atoms with van der Waals surface area (Å²) in [7, 11) is -3.29. The first-order valence-electron chi connectivity index (χ1n) is 6.12. The molecule has 1 aliphatic rings. The maximum Gasteiger partial charge on any atom is 0.176 e. The molecule has 0 amide bonds. The van der Waals surface area contributed by atoms with Gasteiger partial charge >= 0.3 is 0 Å². The second-order valence-corrected chi connectivity index (χ2v) is 8.31. The highest BCUT2D eigenvalue weighted by molar-refractivity contribution is 7.99. The van der Waals surface area contributed by atoms with Crippen molar-refractivity contribution in [1.29, 1.82) is 0 Å². The van der Waals surface area contributed by atoms with E-state index in [-0.39, 0.29) is 5.41 Å². The second kappa shape index (κ2) is 5.28. The molecule has 0 spiro atoms. The van der Waals surface area contributed by atoms with Gasteiger partial charge in [0.2, 0.25) is 0 Å². The van der Waals surface area contributed by atoms with E-state index in [4.69, 9.17) is 17.3 Å². The van der Waals surface area contributed by atoms with Crippen molar-refractivity contribution in [3.8, 4) is 0 Å². The molecule has 19 heavy (non-hydrogen) atoms. The molecule has 106 valence electrons. The van der Waals surface area contributed by atoms with Gasteiger partial charge in [-0.1, -0.05) is 18.0 Å². The molecule has 0 unspecified atom stereocenters. The highest BCUT2D eigenvalue weighted by Gasteiger charge is 2.38. The minimum Gasteiger partial charge on any atom is -0.330 e. The standard InChI is InChI=1S/C13H18ClNO2S2/c1-18-12-10(14)6-9(7-11(12)19(2,16)17)13(8-15)4-3-5-13/h6-7H,3-5,8,15H2,1-2H3. The summed E-state index contributed by atoms with van der Waals surface area (Å²) < 4.78 is 23.9. The van der Waals surface area contributed by atoms with Crippen molar-refractivity contribution in [1.82, 2.24) is 0 Å². The van der Waals surface area contributed by atoms with Crippen LogP contribution in [0.1, 0.15) is 24.8 Å². The third-order valence-electron chi connectivity index (χ3n) is 3.93. The van der Waals surface area contributed by atoms with E-state index in [0.29, 0.717) is 21.4 Å². The van der Waals surface area contributed by atoms with E-state index in [1.54, 1.807) is 6.07 Å². The van der Waals surface area contributed by atoms with Gasteiger partial charge in [0.25, 0.3) is 0 Å². The van der Waals surface area contributed by atoms with Crippen LogP contribution in [0.3, 0.4) is 0 Å². The fourth-order valence-electron chi connectivity index (χ4n) is 2.56. The van der Waals surface area contributed by atoms with Gasteiger partial charge in [0, 0.05) is 23.1 Å². The van der Waals surface area contributed by atoms with Crippen LogP contribution >= 0.6 is 23.4 Å². The van der Waals surface area contributed by atoms with Gasteiger partial charge in [-0.05, 0) is 36.8 Å². The highest BCUT2D eigenvalue weighted by Crippen LogP contribution is 2.46. The normalized spacial score (nSPS) is 18.1. The number of thioether (sulfide) groups is 1. The molecule has 0 atom stereocenters. The summed E-state index contributed by atoms with van der Waals surface area (Å²) in [6, 6.07) is 3.65. The molecule has 0 heterocycles. The molecule has 0 aromatic heterocycles. The van der Waals surface area contributed by atoms with Crippen molar-refractivity contribution in [2.75, 3.05) is 19.1 Å². The number of hydrogen-bond acceptors (Lipinski definition) is 4. The third-order valence-corrected chi connectivity index (χ3v) is 6.44. The fourth-order valence-corrected chi connectivity index (χ4v) is 5.07. The largest absolute Gasteiger partial charge is 0.330 e. The zero-order chi connectivity index (χ0) is 14.3. The minimum atomic E-state index is -3.29. The molecule has 1 fully saturated rings. The summed E-state index contributed by atoms with van der Waals surface area (Å²) in [5.41, 5.74) is 6.76. The predicted molar refractivity (Wildman–Crippen MR) is 80.9 cm³/mol. The first kappa shape index (κ1) is 15.2. The Morgan fingerprint density at radius 1 is 1.42 bits per heavy atom. The lowest BCUT2D eigenvalue weighted by Gasteiger charge is -2.42. The van der Waals surface area contributed by atoms with E-state index in [1.807, 2.05) is 12.3 Å². The Morgan fingerprint density at radius 3 is 2.42 bits per heavy atom. The molecule has 1 aromatic carbocycles. The van der Waals surface area contributed by atoms with Gasteiger partial charge in [0.05, 0.1) is 9.92 Å². The van der Waals surface area contributed by atoms with Crippen LogP contribution in [0, 0.1) is 0 Å². The van der Waals surface area contributed by atoms with Crippen molar-refractivity contribution in [2.45, 2.75) is 34.5 Å². The van der Waals surface area contributed by atoms with Gasteiger partial charge in [-0.3, -0.25) is 0 Å². The van der Waals surface area contributed by atoms with Crippen molar-refractivity contribution in [2.24, 2.45) is 5.73 Å². The summed E-state index contributed by atoms with van der Waals surface area (Å²) in [5.74, 6) is 0. The maximum absolute atomic E-state index is 11.9. The number of sulfone groups is 1. The van der Waals surface area contributed by atoms with Gasteiger partial charge in [-0.25, -0.2) is 8.42 Å². The summed E-state index contributed by atoms with van der Waals surface area (Å²) >= 11 is 7.62. The van der Waals surface area contributed by atoms with Gasteiger partial charge in [-0.15, -0.1) is 11.8 Å². The Balaban J connectivity index is 2.64. The monoisotopic (exact) mass is 319 g/mol. The summed E-state index contributed by atoms with van der Waals surface area (Å²) in [6.45, 7) is 0.533. The molecule has 6 heteroatoms. The third kappa shape index (κ3) is 2.66. The first-order chi connectivity index (χ1) is 8.84. The van der Waals surface area contributed by atoms with E-state index in [1.165, 1.54) is 18.0 Å². The quantitative estimate of drug-likeness (QED) is 0.867. The topological polar surface area (TPSA) is 60.2 Å². The number of hydrogen-bond donors (Lipinski definition) is 1. The molecule has 2 rings (SSSR count). The molecule has 3 nitrogen and oxygen atoms in total. The van der Waals surface area contributed by atoms with Crippen molar-refractivity contribution < 1.29 is 8.42 Å². The fraction of sp³-hybridized carbons (Fsp3) is 0.538. The van der Waals surface area contributed by atoms with Crippen LogP contribution in [0.5, 0.6) is 0 Å². The Hall–Kier alpha value is -0.230. The molecule has 1 aromatic rings. The molecular weight excluding hydrogens is 302 g/mol. The molecule has 0 bridgehead atoms. The number of rotatable bonds is 4. The lowest BCUT2D eigenvalue weighted by atomic mass is 9.64. The van der Waals surface area contributed by atoms with Gasteiger partial charge in [-0.2, -0.15) is 0 Å². The van der Waals surface area contributed by atoms with Crippen molar-refractivity contribution >= 4 is 33.2 Å². The van der Waals surface area contributed by atoms with Crippen LogP contribution in [-0.4, -0.2) is 27.5 Å². The van der Waals surface area contributed by atoms with Gasteiger partial charge in [0.15, 0.2) is 9.84 Å². The van der Waals surface area contributed by atoms with E-state index < -0.39 is 9.84 Å². The van der Waals surface area contributed by atoms with E-state index in [0.717, 1.165) is 24.8 Å². The lowest BCUT2D eigenvalue weighted by Crippen LogP contribution is -2.41. The smallest absolute Gasteiger partial charge is 0.176 e. The Labute approximate surface area is 123 Å². The van der Waals surface area contributed by atoms with Crippen LogP contribution in [-0.2, 0) is 15.3 Å². The van der Waals surface area contributed by atoms with Crippen LogP contribution < -0.4 is 5.73 Å². The van der Waals surface area contributed by atoms with Crippen molar-refractivity contribution in [3.63, 3.8) is 0 Å². The van der Waals surface area contributed by atoms with Crippen LogP contribution in [0.25, 0.3) is 0 Å². The molecule has 0 aliphatic heterocycles. The van der Waals surface area contributed by atoms with E-state index >= 15 is 0 Å². The Kier molecular flexibility index (Phi) is 4.21. The molecular formula is C13H18ClNO2S2. The number of benzene rings is 1. The number of halogens is 1.